The van der Waals surface area contributed by atoms with Crippen LogP contribution in [0.2, 0.25) is 0 Å². The summed E-state index contributed by atoms with van der Waals surface area (Å²) >= 11 is 0. The topological polar surface area (TPSA) is 75.8 Å². The molecule has 1 aromatic rings. The van der Waals surface area contributed by atoms with Crippen molar-refractivity contribution >= 4 is 5.91 Å². The molecule has 0 bridgehead atoms. The molecule has 5 nitrogen and oxygen atoms in total. The molecule has 3 unspecified atom stereocenters. The van der Waals surface area contributed by atoms with Crippen LogP contribution >= 0.6 is 0 Å². The molecule has 3 N–H and O–H groups in total. The number of hydrogen-bond donors (Lipinski definition) is 2. The number of carbonyl (C=O) groups is 1. The molecule has 1 aliphatic rings. The summed E-state index contributed by atoms with van der Waals surface area (Å²) in [5.74, 6) is 1.08. The summed E-state index contributed by atoms with van der Waals surface area (Å²) in [6, 6.07) is 7.74. The van der Waals surface area contributed by atoms with Gasteiger partial charge in [-0.2, -0.15) is 0 Å². The second-order valence-corrected chi connectivity index (χ2v) is 7.26. The monoisotopic (exact) mass is 334 g/mol. The highest BCUT2D eigenvalue weighted by molar-refractivity contribution is 5.73. The number of ether oxygens (including phenoxy) is 1. The van der Waals surface area contributed by atoms with E-state index < -0.39 is 5.60 Å². The van der Waals surface area contributed by atoms with E-state index in [0.717, 1.165) is 37.1 Å². The van der Waals surface area contributed by atoms with E-state index in [9.17, 15) is 9.90 Å². The third kappa shape index (κ3) is 4.48. The molecular weight excluding hydrogens is 304 g/mol. The number of primary amides is 1. The predicted octanol–water partition coefficient (Wildman–Crippen LogP) is 2.13. The fourth-order valence-electron chi connectivity index (χ4n) is 3.89. The molecule has 0 heterocycles. The van der Waals surface area contributed by atoms with Crippen LogP contribution in [0.4, 0.5) is 0 Å². The van der Waals surface area contributed by atoms with Crippen molar-refractivity contribution in [3.8, 4) is 5.75 Å². The van der Waals surface area contributed by atoms with Crippen LogP contribution in [0.25, 0.3) is 0 Å². The third-order valence-corrected chi connectivity index (χ3v) is 5.18. The SMILES string of the molecule is COc1cccc(C2(O)CCC(CCC(N)=O)CC2CN(C)C)c1. The quantitative estimate of drug-likeness (QED) is 0.801. The molecule has 5 heteroatoms. The minimum absolute atomic E-state index is 0.117. The van der Waals surface area contributed by atoms with E-state index >= 15 is 0 Å². The average molecular weight is 334 g/mol. The zero-order valence-corrected chi connectivity index (χ0v) is 15.0. The molecule has 0 aromatic heterocycles. The van der Waals surface area contributed by atoms with E-state index in [4.69, 9.17) is 10.5 Å². The van der Waals surface area contributed by atoms with Gasteiger partial charge in [-0.25, -0.2) is 0 Å². The molecule has 24 heavy (non-hydrogen) atoms. The van der Waals surface area contributed by atoms with Crippen molar-refractivity contribution in [2.24, 2.45) is 17.6 Å². The lowest BCUT2D eigenvalue weighted by Gasteiger charge is -2.44. The first-order chi connectivity index (χ1) is 11.3. The lowest BCUT2D eigenvalue weighted by atomic mass is 9.66. The smallest absolute Gasteiger partial charge is 0.217 e. The van der Waals surface area contributed by atoms with Gasteiger partial charge < -0.3 is 20.5 Å². The summed E-state index contributed by atoms with van der Waals surface area (Å²) in [7, 11) is 5.69. The van der Waals surface area contributed by atoms with Crippen LogP contribution in [0.15, 0.2) is 24.3 Å². The van der Waals surface area contributed by atoms with Crippen LogP contribution in [0.5, 0.6) is 5.75 Å². The Morgan fingerprint density at radius 1 is 1.46 bits per heavy atom. The predicted molar refractivity (Wildman–Crippen MR) is 94.7 cm³/mol. The minimum atomic E-state index is -0.859. The van der Waals surface area contributed by atoms with Gasteiger partial charge in [0.25, 0.3) is 0 Å². The van der Waals surface area contributed by atoms with Gasteiger partial charge in [-0.05, 0) is 63.4 Å². The molecule has 134 valence electrons. The molecule has 3 atom stereocenters. The van der Waals surface area contributed by atoms with Crippen LogP contribution in [0.3, 0.4) is 0 Å². The molecule has 0 aliphatic heterocycles. The van der Waals surface area contributed by atoms with Crippen LogP contribution in [-0.4, -0.2) is 43.7 Å². The number of amides is 1. The fraction of sp³-hybridized carbons (Fsp3) is 0.632. The third-order valence-electron chi connectivity index (χ3n) is 5.18. The zero-order chi connectivity index (χ0) is 17.7. The number of aliphatic hydroxyl groups is 1. The van der Waals surface area contributed by atoms with Crippen LogP contribution in [-0.2, 0) is 10.4 Å². The van der Waals surface area contributed by atoms with Crippen molar-refractivity contribution < 1.29 is 14.6 Å². The molecule has 0 saturated heterocycles. The molecule has 2 rings (SSSR count). The number of benzene rings is 1. The van der Waals surface area contributed by atoms with Gasteiger partial charge >= 0.3 is 0 Å². The molecule has 1 amide bonds. The summed E-state index contributed by atoms with van der Waals surface area (Å²) in [6.45, 7) is 0.806. The Morgan fingerprint density at radius 3 is 2.83 bits per heavy atom. The number of rotatable bonds is 7. The molecule has 0 spiro atoms. The minimum Gasteiger partial charge on any atom is -0.497 e. The maximum absolute atomic E-state index is 11.5. The van der Waals surface area contributed by atoms with Crippen molar-refractivity contribution in [1.29, 1.82) is 0 Å². The maximum atomic E-state index is 11.5. The van der Waals surface area contributed by atoms with Gasteiger partial charge in [-0.3, -0.25) is 4.79 Å². The summed E-state index contributed by atoms with van der Waals surface area (Å²) in [4.78, 5) is 13.2. The summed E-state index contributed by atoms with van der Waals surface area (Å²) in [5, 5.41) is 11.5. The maximum Gasteiger partial charge on any atom is 0.217 e. The van der Waals surface area contributed by atoms with Crippen molar-refractivity contribution in [3.05, 3.63) is 29.8 Å². The van der Waals surface area contributed by atoms with E-state index in [1.807, 2.05) is 38.4 Å². The lowest BCUT2D eigenvalue weighted by Crippen LogP contribution is -2.45. The number of methoxy groups -OCH3 is 1. The standard InChI is InChI=1S/C19H30N2O3/c1-21(2)13-16-11-14(7-8-18(20)22)9-10-19(16,23)15-5-4-6-17(12-15)24-3/h4-6,12,14,16,23H,7-11,13H2,1-3H3,(H2,20,22). The molecular formula is C19H30N2O3. The number of carbonyl (C=O) groups excluding carboxylic acids is 1. The molecule has 1 aliphatic carbocycles. The van der Waals surface area contributed by atoms with Gasteiger partial charge in [0.2, 0.25) is 5.91 Å². The highest BCUT2D eigenvalue weighted by atomic mass is 16.5. The fourth-order valence-corrected chi connectivity index (χ4v) is 3.89. The molecule has 1 aromatic carbocycles. The van der Waals surface area contributed by atoms with E-state index in [-0.39, 0.29) is 11.8 Å². The Kier molecular flexibility index (Phi) is 6.24. The van der Waals surface area contributed by atoms with E-state index in [1.165, 1.54) is 0 Å². The Bertz CT molecular complexity index is 561. The second-order valence-electron chi connectivity index (χ2n) is 7.26. The largest absolute Gasteiger partial charge is 0.497 e. The van der Waals surface area contributed by atoms with Crippen LogP contribution < -0.4 is 10.5 Å². The van der Waals surface area contributed by atoms with Gasteiger partial charge in [-0.1, -0.05) is 12.1 Å². The van der Waals surface area contributed by atoms with Gasteiger partial charge in [0.15, 0.2) is 0 Å². The normalized spacial score (nSPS) is 27.2. The van der Waals surface area contributed by atoms with E-state index in [0.29, 0.717) is 18.8 Å². The lowest BCUT2D eigenvalue weighted by molar-refractivity contribution is -0.118. The summed E-state index contributed by atoms with van der Waals surface area (Å²) in [5.41, 5.74) is 5.35. The highest BCUT2D eigenvalue weighted by Crippen LogP contribution is 2.45. The van der Waals surface area contributed by atoms with E-state index in [2.05, 4.69) is 4.90 Å². The summed E-state index contributed by atoms with van der Waals surface area (Å²) in [6.07, 6.45) is 3.75. The molecule has 1 fully saturated rings. The molecule has 1 saturated carbocycles. The van der Waals surface area contributed by atoms with Crippen molar-refractivity contribution in [1.82, 2.24) is 4.90 Å². The van der Waals surface area contributed by atoms with E-state index in [1.54, 1.807) is 7.11 Å². The first-order valence-electron chi connectivity index (χ1n) is 8.65. The Morgan fingerprint density at radius 2 is 2.21 bits per heavy atom. The Labute approximate surface area is 144 Å². The number of hydrogen-bond acceptors (Lipinski definition) is 4. The van der Waals surface area contributed by atoms with Crippen molar-refractivity contribution in [2.75, 3.05) is 27.7 Å². The first-order valence-corrected chi connectivity index (χ1v) is 8.65. The average Bonchev–Trinajstić information content (AvgIpc) is 2.55. The summed E-state index contributed by atoms with van der Waals surface area (Å²) < 4.78 is 5.32. The van der Waals surface area contributed by atoms with Gasteiger partial charge in [0, 0.05) is 18.9 Å². The number of nitrogens with zero attached hydrogens (tertiary/aromatic N) is 1. The first kappa shape index (κ1) is 18.7. The highest BCUT2D eigenvalue weighted by Gasteiger charge is 2.43. The number of nitrogens with two attached hydrogens (primary N) is 1. The zero-order valence-electron chi connectivity index (χ0n) is 15.0. The van der Waals surface area contributed by atoms with Crippen molar-refractivity contribution in [2.45, 2.75) is 37.7 Å². The van der Waals surface area contributed by atoms with Crippen LogP contribution in [0, 0.1) is 11.8 Å². The van der Waals surface area contributed by atoms with Crippen molar-refractivity contribution in [3.63, 3.8) is 0 Å². The Balaban J connectivity index is 2.21. The van der Waals surface area contributed by atoms with Gasteiger partial charge in [0.1, 0.15) is 5.75 Å². The van der Waals surface area contributed by atoms with Gasteiger partial charge in [-0.15, -0.1) is 0 Å². The molecule has 0 radical (unpaired) electrons. The van der Waals surface area contributed by atoms with Crippen LogP contribution in [0.1, 0.15) is 37.7 Å². The second kappa shape index (κ2) is 7.99. The van der Waals surface area contributed by atoms with Gasteiger partial charge in [0.05, 0.1) is 12.7 Å². The Hall–Kier alpha value is -1.59.